The van der Waals surface area contributed by atoms with Crippen molar-refractivity contribution in [2.75, 3.05) is 11.9 Å². The first kappa shape index (κ1) is 16.4. The second-order valence-corrected chi connectivity index (χ2v) is 6.17. The normalized spacial score (nSPS) is 14.3. The van der Waals surface area contributed by atoms with Gasteiger partial charge in [0.15, 0.2) is 0 Å². The number of carbonyl (C=O) groups excluding carboxylic acids is 1. The second kappa shape index (κ2) is 8.39. The lowest BCUT2D eigenvalue weighted by Crippen LogP contribution is -2.29. The average Bonchev–Trinajstić information content (AvgIpc) is 3.12. The Balaban J connectivity index is 1.44. The van der Waals surface area contributed by atoms with Crippen molar-refractivity contribution in [1.82, 2.24) is 5.32 Å². The fourth-order valence-electron chi connectivity index (χ4n) is 2.92. The molecular formula is C20H24N2O2. The maximum absolute atomic E-state index is 11.9. The highest BCUT2D eigenvalue weighted by molar-refractivity contribution is 5.80. The fraction of sp³-hybridized carbons (Fsp3) is 0.350. The zero-order chi connectivity index (χ0) is 16.6. The van der Waals surface area contributed by atoms with Gasteiger partial charge in [-0.05, 0) is 43.4 Å². The molecule has 0 unspecified atom stereocenters. The van der Waals surface area contributed by atoms with E-state index in [9.17, 15) is 4.79 Å². The van der Waals surface area contributed by atoms with Crippen LogP contribution in [0.1, 0.15) is 31.2 Å². The first-order valence-electron chi connectivity index (χ1n) is 8.61. The van der Waals surface area contributed by atoms with E-state index in [1.807, 2.05) is 54.6 Å². The third-order valence-corrected chi connectivity index (χ3v) is 4.22. The molecule has 3 rings (SSSR count). The first-order valence-corrected chi connectivity index (χ1v) is 8.61. The quantitative estimate of drug-likeness (QED) is 0.816. The summed E-state index contributed by atoms with van der Waals surface area (Å²) < 4.78 is 5.99. The van der Waals surface area contributed by atoms with Crippen LogP contribution in [0.25, 0.3) is 0 Å². The van der Waals surface area contributed by atoms with E-state index in [-0.39, 0.29) is 12.5 Å². The van der Waals surface area contributed by atoms with Gasteiger partial charge in [-0.25, -0.2) is 0 Å². The van der Waals surface area contributed by atoms with E-state index in [1.54, 1.807) is 0 Å². The maximum atomic E-state index is 11.9. The van der Waals surface area contributed by atoms with E-state index in [1.165, 1.54) is 12.8 Å². The van der Waals surface area contributed by atoms with Crippen molar-refractivity contribution in [1.29, 1.82) is 0 Å². The number of amides is 1. The lowest BCUT2D eigenvalue weighted by atomic mass is 10.2. The van der Waals surface area contributed by atoms with Crippen LogP contribution in [0.4, 0.5) is 5.69 Å². The molecule has 4 nitrogen and oxygen atoms in total. The van der Waals surface area contributed by atoms with Crippen LogP contribution in [0, 0.1) is 0 Å². The summed E-state index contributed by atoms with van der Waals surface area (Å²) in [6.07, 6.45) is 5.13. The molecule has 0 bridgehead atoms. The summed E-state index contributed by atoms with van der Waals surface area (Å²) >= 11 is 0. The van der Waals surface area contributed by atoms with Crippen molar-refractivity contribution in [2.45, 2.75) is 38.3 Å². The SMILES string of the molecule is O=C(CNc1cccc(OC2CCCC2)c1)NCc1ccccc1. The molecule has 1 amide bonds. The Bertz CT molecular complexity index is 652. The molecular weight excluding hydrogens is 300 g/mol. The Morgan fingerprint density at radius 1 is 1.04 bits per heavy atom. The first-order chi connectivity index (χ1) is 11.8. The van der Waals surface area contributed by atoms with Crippen molar-refractivity contribution in [2.24, 2.45) is 0 Å². The van der Waals surface area contributed by atoms with E-state index in [2.05, 4.69) is 10.6 Å². The molecule has 0 heterocycles. The molecule has 1 aliphatic rings. The summed E-state index contributed by atoms with van der Waals surface area (Å²) in [6, 6.07) is 17.7. The zero-order valence-corrected chi connectivity index (χ0v) is 13.8. The Morgan fingerprint density at radius 2 is 1.83 bits per heavy atom. The number of nitrogens with one attached hydrogen (secondary N) is 2. The number of anilines is 1. The topological polar surface area (TPSA) is 50.4 Å². The van der Waals surface area contributed by atoms with Crippen LogP contribution >= 0.6 is 0 Å². The van der Waals surface area contributed by atoms with Gasteiger partial charge in [0.2, 0.25) is 5.91 Å². The number of carbonyl (C=O) groups is 1. The molecule has 4 heteroatoms. The highest BCUT2D eigenvalue weighted by Crippen LogP contribution is 2.25. The van der Waals surface area contributed by atoms with E-state index >= 15 is 0 Å². The van der Waals surface area contributed by atoms with Gasteiger partial charge in [-0.2, -0.15) is 0 Å². The minimum atomic E-state index is -0.0269. The second-order valence-electron chi connectivity index (χ2n) is 6.17. The summed E-state index contributed by atoms with van der Waals surface area (Å²) in [4.78, 5) is 11.9. The monoisotopic (exact) mass is 324 g/mol. The molecule has 0 spiro atoms. The third kappa shape index (κ3) is 5.01. The van der Waals surface area contributed by atoms with Crippen LogP contribution in [0.2, 0.25) is 0 Å². The molecule has 1 saturated carbocycles. The highest BCUT2D eigenvalue weighted by Gasteiger charge is 2.16. The fourth-order valence-corrected chi connectivity index (χ4v) is 2.92. The standard InChI is InChI=1S/C20H24N2O2/c23-20(22-14-16-7-2-1-3-8-16)15-21-17-9-6-12-19(13-17)24-18-10-4-5-11-18/h1-3,6-9,12-13,18,21H,4-5,10-11,14-15H2,(H,22,23). The lowest BCUT2D eigenvalue weighted by molar-refractivity contribution is -0.119. The van der Waals surface area contributed by atoms with Gasteiger partial charge in [0.1, 0.15) is 5.75 Å². The molecule has 0 saturated heterocycles. The summed E-state index contributed by atoms with van der Waals surface area (Å²) in [5, 5.41) is 6.06. The summed E-state index contributed by atoms with van der Waals surface area (Å²) in [6.45, 7) is 0.798. The zero-order valence-electron chi connectivity index (χ0n) is 13.8. The van der Waals surface area contributed by atoms with E-state index in [0.717, 1.165) is 29.8 Å². The summed E-state index contributed by atoms with van der Waals surface area (Å²) in [7, 11) is 0. The van der Waals surface area contributed by atoms with Gasteiger partial charge in [0.05, 0.1) is 12.6 Å². The number of hydrogen-bond acceptors (Lipinski definition) is 3. The van der Waals surface area contributed by atoms with Gasteiger partial charge in [-0.1, -0.05) is 36.4 Å². The van der Waals surface area contributed by atoms with Crippen LogP contribution in [0.15, 0.2) is 54.6 Å². The van der Waals surface area contributed by atoms with Gasteiger partial charge in [0.25, 0.3) is 0 Å². The summed E-state index contributed by atoms with van der Waals surface area (Å²) in [5.41, 5.74) is 2.00. The minimum absolute atomic E-state index is 0.0269. The summed E-state index contributed by atoms with van der Waals surface area (Å²) in [5.74, 6) is 0.845. The number of rotatable bonds is 7. The number of hydrogen-bond donors (Lipinski definition) is 2. The van der Waals surface area contributed by atoms with Crippen molar-refractivity contribution >= 4 is 11.6 Å². The smallest absolute Gasteiger partial charge is 0.239 e. The maximum Gasteiger partial charge on any atom is 0.239 e. The van der Waals surface area contributed by atoms with Crippen LogP contribution in [-0.4, -0.2) is 18.6 Å². The van der Waals surface area contributed by atoms with E-state index in [4.69, 9.17) is 4.74 Å². The van der Waals surface area contributed by atoms with Gasteiger partial charge in [0, 0.05) is 18.3 Å². The van der Waals surface area contributed by atoms with Crippen LogP contribution in [-0.2, 0) is 11.3 Å². The predicted octanol–water partition coefficient (Wildman–Crippen LogP) is 3.74. The van der Waals surface area contributed by atoms with Crippen molar-refractivity contribution in [3.8, 4) is 5.75 Å². The average molecular weight is 324 g/mol. The number of ether oxygens (including phenoxy) is 1. The van der Waals surface area contributed by atoms with Crippen molar-refractivity contribution < 1.29 is 9.53 Å². The molecule has 2 aromatic carbocycles. The number of benzene rings is 2. The Hall–Kier alpha value is -2.49. The molecule has 1 aliphatic carbocycles. The minimum Gasteiger partial charge on any atom is -0.490 e. The largest absolute Gasteiger partial charge is 0.490 e. The lowest BCUT2D eigenvalue weighted by Gasteiger charge is -2.14. The molecule has 1 fully saturated rings. The molecule has 0 aromatic heterocycles. The molecule has 24 heavy (non-hydrogen) atoms. The van der Waals surface area contributed by atoms with Gasteiger partial charge >= 0.3 is 0 Å². The Morgan fingerprint density at radius 3 is 2.62 bits per heavy atom. The Labute approximate surface area is 143 Å². The van der Waals surface area contributed by atoms with E-state index in [0.29, 0.717) is 12.6 Å². The third-order valence-electron chi connectivity index (χ3n) is 4.22. The predicted molar refractivity (Wildman–Crippen MR) is 96.1 cm³/mol. The molecule has 0 aliphatic heterocycles. The van der Waals surface area contributed by atoms with Gasteiger partial charge < -0.3 is 15.4 Å². The Kier molecular flexibility index (Phi) is 5.72. The molecule has 0 atom stereocenters. The molecule has 126 valence electrons. The highest BCUT2D eigenvalue weighted by atomic mass is 16.5. The van der Waals surface area contributed by atoms with Crippen LogP contribution in [0.5, 0.6) is 5.75 Å². The van der Waals surface area contributed by atoms with Crippen LogP contribution < -0.4 is 15.4 Å². The molecule has 2 N–H and O–H groups in total. The van der Waals surface area contributed by atoms with Crippen molar-refractivity contribution in [3.63, 3.8) is 0 Å². The molecule has 2 aromatic rings. The van der Waals surface area contributed by atoms with Crippen molar-refractivity contribution in [3.05, 3.63) is 60.2 Å². The van der Waals surface area contributed by atoms with Gasteiger partial charge in [-0.15, -0.1) is 0 Å². The van der Waals surface area contributed by atoms with Gasteiger partial charge in [-0.3, -0.25) is 4.79 Å². The van der Waals surface area contributed by atoms with E-state index < -0.39 is 0 Å². The van der Waals surface area contributed by atoms with Crippen LogP contribution in [0.3, 0.4) is 0 Å². The molecule has 0 radical (unpaired) electrons.